The van der Waals surface area contributed by atoms with E-state index >= 15 is 0 Å². The van der Waals surface area contributed by atoms with E-state index in [4.69, 9.17) is 18.3 Å². The van der Waals surface area contributed by atoms with Gasteiger partial charge < -0.3 is 23.6 Å². The molecule has 29 heavy (non-hydrogen) atoms. The summed E-state index contributed by atoms with van der Waals surface area (Å²) in [6, 6.07) is 7.04. The number of benzene rings is 1. The molecule has 0 saturated heterocycles. The van der Waals surface area contributed by atoms with Crippen molar-refractivity contribution in [1.82, 2.24) is 0 Å². The van der Waals surface area contributed by atoms with Crippen LogP contribution in [0.3, 0.4) is 0 Å². The van der Waals surface area contributed by atoms with Gasteiger partial charge in [0, 0.05) is 0 Å². The minimum absolute atomic E-state index is 0.00906. The Labute approximate surface area is 162 Å². The molecule has 0 unspecified atom stereocenters. The molecule has 0 amide bonds. The molecule has 1 aliphatic heterocycles. The monoisotopic (exact) mass is 386 g/mol. The van der Waals surface area contributed by atoms with Gasteiger partial charge >= 0.3 is 5.63 Å². The number of rotatable bonds is 2. The van der Waals surface area contributed by atoms with Crippen molar-refractivity contribution >= 4 is 33.7 Å². The van der Waals surface area contributed by atoms with Crippen LogP contribution in [0.15, 0.2) is 42.8 Å². The number of furan rings is 1. The van der Waals surface area contributed by atoms with Crippen molar-refractivity contribution in [3.8, 4) is 29.7 Å². The average Bonchev–Trinajstić information content (AvgIpc) is 3.22. The molecule has 0 spiro atoms. The zero-order valence-corrected chi connectivity index (χ0v) is 15.1. The van der Waals surface area contributed by atoms with Crippen LogP contribution in [0.25, 0.3) is 28.0 Å². The number of fused-ring (bicyclic) bond motifs is 4. The van der Waals surface area contributed by atoms with Crippen LogP contribution in [0.4, 0.5) is 5.69 Å². The lowest BCUT2D eigenvalue weighted by Gasteiger charge is -2.21. The second kappa shape index (κ2) is 6.49. The van der Waals surface area contributed by atoms with Gasteiger partial charge in [-0.1, -0.05) is 0 Å². The van der Waals surface area contributed by atoms with Crippen LogP contribution in [0.2, 0.25) is 0 Å². The van der Waals surface area contributed by atoms with Gasteiger partial charge in [-0.3, -0.25) is 0 Å². The van der Waals surface area contributed by atoms with Crippen molar-refractivity contribution in [3.05, 3.63) is 45.2 Å². The molecule has 9 heteroatoms. The molecule has 0 aliphatic carbocycles. The van der Waals surface area contributed by atoms with E-state index in [1.54, 1.807) is 18.2 Å². The van der Waals surface area contributed by atoms with Crippen molar-refractivity contribution in [2.45, 2.75) is 0 Å². The van der Waals surface area contributed by atoms with Gasteiger partial charge in [0.2, 0.25) is 5.75 Å². The molecule has 2 aromatic heterocycles. The molecule has 4 rings (SSSR count). The molecule has 1 aliphatic rings. The lowest BCUT2D eigenvalue weighted by molar-refractivity contribution is 0.398. The zero-order chi connectivity index (χ0) is 20.7. The number of nitriles is 3. The maximum atomic E-state index is 12.7. The summed E-state index contributed by atoms with van der Waals surface area (Å²) in [7, 11) is 2.84. The summed E-state index contributed by atoms with van der Waals surface area (Å²) in [6.45, 7) is 0. The minimum Gasteiger partial charge on any atom is -0.495 e. The van der Waals surface area contributed by atoms with Gasteiger partial charge in [-0.2, -0.15) is 15.8 Å². The summed E-state index contributed by atoms with van der Waals surface area (Å²) in [5.41, 5.74) is -0.430. The quantitative estimate of drug-likeness (QED) is 0.518. The van der Waals surface area contributed by atoms with Crippen LogP contribution in [-0.2, 0) is 0 Å². The molecular formula is C20H10N4O5. The molecule has 0 fully saturated rings. The van der Waals surface area contributed by atoms with Gasteiger partial charge in [0.25, 0.3) is 0 Å². The van der Waals surface area contributed by atoms with Crippen LogP contribution in [0.1, 0.15) is 5.56 Å². The highest BCUT2D eigenvalue weighted by Crippen LogP contribution is 2.47. The average molecular weight is 386 g/mol. The van der Waals surface area contributed by atoms with Crippen molar-refractivity contribution in [2.75, 3.05) is 19.5 Å². The highest BCUT2D eigenvalue weighted by molar-refractivity contribution is 6.13. The SMILES string of the molecule is COc1c2occc2c(OC)c2c3c(c(=O)oc12)C=C(C#N)C(=C(C#N)C#N)N3. The molecular weight excluding hydrogens is 376 g/mol. The zero-order valence-electron chi connectivity index (χ0n) is 15.1. The largest absolute Gasteiger partial charge is 0.495 e. The van der Waals surface area contributed by atoms with E-state index < -0.39 is 5.63 Å². The number of methoxy groups -OCH3 is 2. The molecule has 9 nitrogen and oxygen atoms in total. The normalized spacial score (nSPS) is 12.2. The van der Waals surface area contributed by atoms with Gasteiger partial charge in [-0.05, 0) is 12.1 Å². The molecule has 1 aromatic carbocycles. The number of nitrogens with one attached hydrogen (secondary N) is 1. The Morgan fingerprint density at radius 3 is 2.45 bits per heavy atom. The summed E-state index contributed by atoms with van der Waals surface area (Å²) in [5.74, 6) is 0.518. The lowest BCUT2D eigenvalue weighted by Crippen LogP contribution is -2.17. The van der Waals surface area contributed by atoms with Gasteiger partial charge in [-0.25, -0.2) is 4.79 Å². The molecule has 0 bridgehead atoms. The van der Waals surface area contributed by atoms with Gasteiger partial charge in [0.1, 0.15) is 24.0 Å². The third-order valence-corrected chi connectivity index (χ3v) is 4.52. The number of nitrogens with zero attached hydrogens (tertiary/aromatic N) is 3. The second-order valence-electron chi connectivity index (χ2n) is 5.88. The first kappa shape index (κ1) is 17.7. The van der Waals surface area contributed by atoms with Crippen LogP contribution in [0, 0.1) is 34.0 Å². The summed E-state index contributed by atoms with van der Waals surface area (Å²) in [4.78, 5) is 12.7. The highest BCUT2D eigenvalue weighted by atomic mass is 16.5. The smallest absolute Gasteiger partial charge is 0.345 e. The third-order valence-electron chi connectivity index (χ3n) is 4.52. The number of hydrogen-bond acceptors (Lipinski definition) is 9. The van der Waals surface area contributed by atoms with Crippen LogP contribution < -0.4 is 20.4 Å². The molecule has 0 radical (unpaired) electrons. The molecule has 3 heterocycles. The number of ether oxygens (including phenoxy) is 2. The number of hydrogen-bond donors (Lipinski definition) is 1. The van der Waals surface area contributed by atoms with Crippen LogP contribution in [0.5, 0.6) is 11.5 Å². The highest BCUT2D eigenvalue weighted by Gasteiger charge is 2.29. The van der Waals surface area contributed by atoms with E-state index in [1.165, 1.54) is 26.6 Å². The predicted molar refractivity (Wildman–Crippen MR) is 101 cm³/mol. The first-order valence-electron chi connectivity index (χ1n) is 8.15. The number of anilines is 1. The van der Waals surface area contributed by atoms with Crippen LogP contribution >= 0.6 is 0 Å². The fourth-order valence-corrected chi connectivity index (χ4v) is 3.32. The van der Waals surface area contributed by atoms with Crippen molar-refractivity contribution in [2.24, 2.45) is 0 Å². The van der Waals surface area contributed by atoms with Crippen LogP contribution in [-0.4, -0.2) is 14.2 Å². The maximum Gasteiger partial charge on any atom is 0.345 e. The fraction of sp³-hybridized carbons (Fsp3) is 0.100. The standard InChI is InChI=1S/C20H10N4O5/c1-26-16-11-3-4-28-17(11)19(27-2)18-13(16)15-12(20(25)29-18)5-9(6-21)14(24-15)10(7-22)8-23/h3-5,24H,1-2H3. The molecule has 140 valence electrons. The van der Waals surface area contributed by atoms with Gasteiger partial charge in [0.05, 0.1) is 53.8 Å². The third kappa shape index (κ3) is 2.34. The van der Waals surface area contributed by atoms with E-state index in [-0.39, 0.29) is 39.4 Å². The van der Waals surface area contributed by atoms with Gasteiger partial charge in [0.15, 0.2) is 16.7 Å². The minimum atomic E-state index is -0.742. The van der Waals surface area contributed by atoms with E-state index in [2.05, 4.69) is 5.32 Å². The summed E-state index contributed by atoms with van der Waals surface area (Å²) < 4.78 is 21.9. The van der Waals surface area contributed by atoms with Crippen molar-refractivity contribution in [1.29, 1.82) is 15.8 Å². The Morgan fingerprint density at radius 2 is 1.83 bits per heavy atom. The topological polar surface area (TPSA) is 145 Å². The Balaban J connectivity index is 2.25. The van der Waals surface area contributed by atoms with E-state index in [0.29, 0.717) is 22.1 Å². The molecule has 3 aromatic rings. The van der Waals surface area contributed by atoms with Crippen molar-refractivity contribution in [3.63, 3.8) is 0 Å². The Kier molecular flexibility index (Phi) is 3.96. The Morgan fingerprint density at radius 1 is 1.10 bits per heavy atom. The Bertz CT molecular complexity index is 1440. The summed E-state index contributed by atoms with van der Waals surface area (Å²) in [6.07, 6.45) is 2.71. The first-order valence-corrected chi connectivity index (χ1v) is 8.15. The van der Waals surface area contributed by atoms with E-state index in [9.17, 15) is 20.6 Å². The lowest BCUT2D eigenvalue weighted by atomic mass is 9.97. The summed E-state index contributed by atoms with van der Waals surface area (Å²) in [5, 5.41) is 31.7. The molecule has 0 atom stereocenters. The first-order chi connectivity index (χ1) is 14.1. The Hall–Kier alpha value is -4.68. The van der Waals surface area contributed by atoms with Gasteiger partial charge in [-0.15, -0.1) is 0 Å². The second-order valence-corrected chi connectivity index (χ2v) is 5.88. The molecule has 0 saturated carbocycles. The maximum absolute atomic E-state index is 12.7. The fourth-order valence-electron chi connectivity index (χ4n) is 3.32. The number of allylic oxidation sites excluding steroid dienone is 2. The summed E-state index contributed by atoms with van der Waals surface area (Å²) >= 11 is 0. The predicted octanol–water partition coefficient (Wildman–Crippen LogP) is 3.19. The van der Waals surface area contributed by atoms with E-state index in [1.807, 2.05) is 6.07 Å². The van der Waals surface area contributed by atoms with Crippen molar-refractivity contribution < 1.29 is 18.3 Å². The molecule has 1 N–H and O–H groups in total. The van der Waals surface area contributed by atoms with E-state index in [0.717, 1.165) is 0 Å².